The van der Waals surface area contributed by atoms with Gasteiger partial charge in [0, 0.05) is 12.1 Å². The van der Waals surface area contributed by atoms with Crippen molar-refractivity contribution in [1.29, 1.82) is 0 Å². The molecule has 1 amide bonds. The van der Waals surface area contributed by atoms with Gasteiger partial charge >= 0.3 is 0 Å². The van der Waals surface area contributed by atoms with E-state index in [2.05, 4.69) is 4.98 Å². The Morgan fingerprint density at radius 3 is 2.25 bits per heavy atom. The second-order valence-electron chi connectivity index (χ2n) is 7.68. The van der Waals surface area contributed by atoms with Gasteiger partial charge in [-0.15, -0.1) is 11.3 Å². The van der Waals surface area contributed by atoms with Crippen molar-refractivity contribution >= 4 is 50.6 Å². The zero-order valence-electron chi connectivity index (χ0n) is 20.4. The smallest absolute Gasteiger partial charge is 0.237 e. The number of para-hydroxylation sites is 1. The van der Waals surface area contributed by atoms with E-state index in [0.29, 0.717) is 34.4 Å². The van der Waals surface area contributed by atoms with Crippen molar-refractivity contribution in [3.8, 4) is 23.0 Å². The fraction of sp³-hybridized carbons (Fsp3) is 0.231. The first-order valence-corrected chi connectivity index (χ1v) is 12.8. The van der Waals surface area contributed by atoms with Gasteiger partial charge in [-0.3, -0.25) is 4.79 Å². The minimum Gasteiger partial charge on any atom is -0.495 e. The summed E-state index contributed by atoms with van der Waals surface area (Å²) in [5.74, 6) is 2.03. The van der Waals surface area contributed by atoms with Gasteiger partial charge in [0.05, 0.1) is 62.3 Å². The maximum Gasteiger partial charge on any atom is 0.237 e. The number of amides is 1. The molecule has 0 atom stereocenters. The predicted molar refractivity (Wildman–Crippen MR) is 145 cm³/mol. The highest BCUT2D eigenvalue weighted by Crippen LogP contribution is 2.42. The van der Waals surface area contributed by atoms with E-state index in [1.807, 2.05) is 30.3 Å². The molecule has 0 unspecified atom stereocenters. The van der Waals surface area contributed by atoms with Crippen LogP contribution in [0, 0.1) is 0 Å². The lowest BCUT2D eigenvalue weighted by molar-refractivity contribution is -0.116. The Morgan fingerprint density at radius 1 is 0.944 bits per heavy atom. The Hall–Kier alpha value is -3.63. The van der Waals surface area contributed by atoms with Crippen molar-refractivity contribution in [2.45, 2.75) is 10.9 Å². The summed E-state index contributed by atoms with van der Waals surface area (Å²) in [7, 11) is 6.19. The minimum atomic E-state index is -0.108. The third-order valence-corrected chi connectivity index (χ3v) is 7.65. The Bertz CT molecular complexity index is 1320. The molecule has 0 aliphatic rings. The van der Waals surface area contributed by atoms with Gasteiger partial charge in [0.25, 0.3) is 0 Å². The Morgan fingerprint density at radius 2 is 1.64 bits per heavy atom. The summed E-state index contributed by atoms with van der Waals surface area (Å²) in [5, 5.41) is 0. The fourth-order valence-electron chi connectivity index (χ4n) is 3.73. The molecule has 3 aromatic carbocycles. The van der Waals surface area contributed by atoms with Crippen LogP contribution < -0.4 is 29.6 Å². The van der Waals surface area contributed by atoms with E-state index in [1.54, 1.807) is 61.8 Å². The number of methoxy groups -OCH3 is 4. The topological polar surface area (TPSA) is 96.1 Å². The van der Waals surface area contributed by atoms with Crippen LogP contribution in [0.2, 0.25) is 0 Å². The molecule has 2 N–H and O–H groups in total. The predicted octanol–water partition coefficient (Wildman–Crippen LogP) is 5.24. The lowest BCUT2D eigenvalue weighted by Gasteiger charge is -2.25. The number of anilines is 2. The molecule has 4 rings (SSSR count). The van der Waals surface area contributed by atoms with E-state index in [9.17, 15) is 4.79 Å². The molecule has 0 saturated carbocycles. The number of thiazole rings is 1. The number of carbonyl (C=O) groups excluding carboxylic acids is 1. The lowest BCUT2D eigenvalue weighted by atomic mass is 10.1. The van der Waals surface area contributed by atoms with E-state index in [4.69, 9.17) is 24.7 Å². The summed E-state index contributed by atoms with van der Waals surface area (Å²) in [6.07, 6.45) is 0. The molecule has 188 valence electrons. The van der Waals surface area contributed by atoms with E-state index in [0.717, 1.165) is 20.1 Å². The number of carbonyl (C=O) groups is 1. The molecular weight excluding hydrogens is 498 g/mol. The SMILES string of the molecule is COc1ccc(CN(C(=O)CSc2nc3ccccc3s2)c2cc(OC)c(OC)c(OC)c2)cc1N. The Labute approximate surface area is 217 Å². The molecule has 0 radical (unpaired) electrons. The second kappa shape index (κ2) is 11.4. The Kier molecular flexibility index (Phi) is 8.07. The average molecular weight is 526 g/mol. The van der Waals surface area contributed by atoms with E-state index >= 15 is 0 Å². The van der Waals surface area contributed by atoms with Crippen LogP contribution in [0.25, 0.3) is 10.2 Å². The van der Waals surface area contributed by atoms with Gasteiger partial charge in [0.1, 0.15) is 5.75 Å². The number of thioether (sulfide) groups is 1. The van der Waals surface area contributed by atoms with Crippen LogP contribution in [0.5, 0.6) is 23.0 Å². The van der Waals surface area contributed by atoms with E-state index in [1.165, 1.54) is 18.9 Å². The molecule has 0 saturated heterocycles. The number of hydrogen-bond acceptors (Lipinski definition) is 9. The zero-order valence-corrected chi connectivity index (χ0v) is 22.1. The van der Waals surface area contributed by atoms with Crippen LogP contribution in [-0.2, 0) is 11.3 Å². The second-order valence-corrected chi connectivity index (χ2v) is 9.93. The van der Waals surface area contributed by atoms with Crippen LogP contribution in [0.15, 0.2) is 58.9 Å². The maximum atomic E-state index is 13.6. The van der Waals surface area contributed by atoms with Crippen molar-refractivity contribution in [1.82, 2.24) is 4.98 Å². The summed E-state index contributed by atoms with van der Waals surface area (Å²) in [6.45, 7) is 0.284. The van der Waals surface area contributed by atoms with E-state index < -0.39 is 0 Å². The van der Waals surface area contributed by atoms with Crippen LogP contribution in [0.3, 0.4) is 0 Å². The normalized spacial score (nSPS) is 10.8. The molecule has 0 bridgehead atoms. The third kappa shape index (κ3) is 5.44. The monoisotopic (exact) mass is 525 g/mol. The lowest BCUT2D eigenvalue weighted by Crippen LogP contribution is -2.32. The quantitative estimate of drug-likeness (QED) is 0.222. The number of benzene rings is 3. The molecule has 4 aromatic rings. The van der Waals surface area contributed by atoms with Crippen LogP contribution in [-0.4, -0.2) is 45.1 Å². The molecule has 0 aliphatic carbocycles. The highest BCUT2D eigenvalue weighted by Gasteiger charge is 2.22. The summed E-state index contributed by atoms with van der Waals surface area (Å²) in [6, 6.07) is 16.9. The molecule has 8 nitrogen and oxygen atoms in total. The third-order valence-electron chi connectivity index (χ3n) is 5.49. The van der Waals surface area contributed by atoms with Gasteiger partial charge in [-0.05, 0) is 29.8 Å². The number of hydrogen-bond donors (Lipinski definition) is 1. The first kappa shape index (κ1) is 25.5. The molecular formula is C26H27N3O5S2. The number of nitrogens with two attached hydrogens (primary N) is 1. The maximum absolute atomic E-state index is 13.6. The number of ether oxygens (including phenoxy) is 4. The van der Waals surface area contributed by atoms with Crippen molar-refractivity contribution in [3.63, 3.8) is 0 Å². The molecule has 1 aromatic heterocycles. The van der Waals surface area contributed by atoms with Crippen molar-refractivity contribution in [2.24, 2.45) is 0 Å². The molecule has 1 heterocycles. The van der Waals surface area contributed by atoms with Gasteiger partial charge in [0.2, 0.25) is 11.7 Å². The first-order valence-electron chi connectivity index (χ1n) is 11.0. The minimum absolute atomic E-state index is 0.108. The molecule has 0 spiro atoms. The van der Waals surface area contributed by atoms with Crippen LogP contribution in [0.4, 0.5) is 11.4 Å². The average Bonchev–Trinajstić information content (AvgIpc) is 3.32. The van der Waals surface area contributed by atoms with Gasteiger partial charge < -0.3 is 29.6 Å². The van der Waals surface area contributed by atoms with Crippen LogP contribution in [0.1, 0.15) is 5.56 Å². The first-order chi connectivity index (χ1) is 17.5. The van der Waals surface area contributed by atoms with Crippen molar-refractivity contribution in [2.75, 3.05) is 44.8 Å². The highest BCUT2D eigenvalue weighted by atomic mass is 32.2. The van der Waals surface area contributed by atoms with Gasteiger partial charge in [0.15, 0.2) is 15.8 Å². The number of aromatic nitrogens is 1. The van der Waals surface area contributed by atoms with Crippen LogP contribution >= 0.6 is 23.1 Å². The molecule has 0 fully saturated rings. The highest BCUT2D eigenvalue weighted by molar-refractivity contribution is 8.01. The fourth-order valence-corrected chi connectivity index (χ4v) is 5.67. The summed E-state index contributed by atoms with van der Waals surface area (Å²) < 4.78 is 23.7. The van der Waals surface area contributed by atoms with Gasteiger partial charge in [-0.2, -0.15) is 0 Å². The number of rotatable bonds is 10. The molecule has 36 heavy (non-hydrogen) atoms. The largest absolute Gasteiger partial charge is 0.495 e. The number of nitrogen functional groups attached to an aromatic ring is 1. The number of nitrogens with zero attached hydrogens (tertiary/aromatic N) is 2. The van der Waals surface area contributed by atoms with E-state index in [-0.39, 0.29) is 18.2 Å². The summed E-state index contributed by atoms with van der Waals surface area (Å²) >= 11 is 2.98. The van der Waals surface area contributed by atoms with Gasteiger partial charge in [-0.25, -0.2) is 4.98 Å². The molecule has 0 aliphatic heterocycles. The summed E-state index contributed by atoms with van der Waals surface area (Å²) in [5.41, 5.74) is 9.00. The summed E-state index contributed by atoms with van der Waals surface area (Å²) in [4.78, 5) is 19.9. The van der Waals surface area contributed by atoms with Crippen molar-refractivity contribution in [3.05, 3.63) is 60.2 Å². The molecule has 10 heteroatoms. The van der Waals surface area contributed by atoms with Gasteiger partial charge in [-0.1, -0.05) is 30.0 Å². The number of fused-ring (bicyclic) bond motifs is 1. The standard InChI is InChI=1S/C26H27N3O5S2/c1-31-20-10-9-16(11-18(20)27)14-29(17-12-21(32-2)25(34-4)22(13-17)33-3)24(30)15-35-26-28-19-7-5-6-8-23(19)36-26/h5-13H,14-15,27H2,1-4H3. The van der Waals surface area contributed by atoms with Crippen molar-refractivity contribution < 1.29 is 23.7 Å². The zero-order chi connectivity index (χ0) is 25.7. The Balaban J connectivity index is 1.66.